The first-order valence-corrected chi connectivity index (χ1v) is 14.7. The summed E-state index contributed by atoms with van der Waals surface area (Å²) < 4.78 is 48.1. The van der Waals surface area contributed by atoms with Crippen LogP contribution in [0.2, 0.25) is 0 Å². The zero-order chi connectivity index (χ0) is 30.5. The molecule has 2 aliphatic rings. The van der Waals surface area contributed by atoms with Gasteiger partial charge in [0.15, 0.2) is 0 Å². The highest BCUT2D eigenvalue weighted by Gasteiger charge is 2.57. The molecule has 0 bridgehead atoms. The van der Waals surface area contributed by atoms with Gasteiger partial charge in [0, 0.05) is 16.5 Å². The summed E-state index contributed by atoms with van der Waals surface area (Å²) in [6.45, 7) is -0.370. The molecule has 1 aromatic heterocycles. The van der Waals surface area contributed by atoms with Crippen LogP contribution in [-0.4, -0.2) is 34.6 Å². The van der Waals surface area contributed by atoms with Crippen LogP contribution in [0.25, 0.3) is 0 Å². The Hall–Kier alpha value is -4.36. The van der Waals surface area contributed by atoms with E-state index in [1.807, 2.05) is 0 Å². The molecule has 13 heteroatoms. The topological polar surface area (TPSA) is 97.7 Å². The number of carbonyl (C=O) groups excluding carboxylic acids is 3. The minimum Gasteiger partial charge on any atom is -0.497 e. The lowest BCUT2D eigenvalue weighted by Gasteiger charge is -2.30. The average Bonchev–Trinajstić information content (AvgIpc) is 3.43. The molecule has 1 fully saturated rings. The summed E-state index contributed by atoms with van der Waals surface area (Å²) in [4.78, 5) is 54.6. The van der Waals surface area contributed by atoms with Gasteiger partial charge < -0.3 is 10.1 Å². The normalized spacial score (nSPS) is 19.6. The second kappa shape index (κ2) is 11.0. The van der Waals surface area contributed by atoms with Gasteiger partial charge in [-0.2, -0.15) is 13.2 Å². The third kappa shape index (κ3) is 5.12. The Kier molecular flexibility index (Phi) is 7.38. The fourth-order valence-corrected chi connectivity index (χ4v) is 8.21. The second-order valence-electron chi connectivity index (χ2n) is 9.88. The molecule has 3 heterocycles. The van der Waals surface area contributed by atoms with E-state index in [0.717, 1.165) is 35.2 Å². The molecule has 3 atom stereocenters. The van der Waals surface area contributed by atoms with Crippen molar-refractivity contribution in [2.75, 3.05) is 17.3 Å². The zero-order valence-corrected chi connectivity index (χ0v) is 24.0. The second-order valence-corrected chi connectivity index (χ2v) is 12.0. The Bertz CT molecular complexity index is 1790. The number of fused-ring (bicyclic) bond motifs is 2. The SMILES string of the molecule is COc1ccc(NC(=O)Cn2c3c(sc2=O)[C@H](c2ccccc2)C2C(=O)N(c4ccccc4C(F)(F)F)C(=O)C2S3)cc1. The first kappa shape index (κ1) is 28.7. The number of para-hydroxylation sites is 1. The minimum absolute atomic E-state index is 0.335. The number of nitrogens with zero attached hydrogens (tertiary/aromatic N) is 2. The van der Waals surface area contributed by atoms with Gasteiger partial charge in [0.25, 0.3) is 0 Å². The molecule has 0 spiro atoms. The van der Waals surface area contributed by atoms with Crippen LogP contribution < -0.4 is 19.8 Å². The predicted octanol–water partition coefficient (Wildman–Crippen LogP) is 5.37. The summed E-state index contributed by atoms with van der Waals surface area (Å²) in [6, 6.07) is 19.8. The number of halogens is 3. The van der Waals surface area contributed by atoms with Crippen molar-refractivity contribution in [1.29, 1.82) is 0 Å². The molecule has 2 aliphatic heterocycles. The maximum atomic E-state index is 13.9. The third-order valence-corrected chi connectivity index (χ3v) is 9.94. The molecular formula is C30H22F3N3O5S2. The summed E-state index contributed by atoms with van der Waals surface area (Å²) in [5.74, 6) is -3.33. The number of methoxy groups -OCH3 is 1. The molecule has 0 aliphatic carbocycles. The third-order valence-electron chi connectivity index (χ3n) is 7.33. The number of aromatic nitrogens is 1. The van der Waals surface area contributed by atoms with Crippen LogP contribution in [0.1, 0.15) is 21.9 Å². The van der Waals surface area contributed by atoms with Gasteiger partial charge in [-0.1, -0.05) is 65.6 Å². The summed E-state index contributed by atoms with van der Waals surface area (Å²) in [6.07, 6.45) is -4.80. The lowest BCUT2D eigenvalue weighted by molar-refractivity contribution is -0.137. The highest BCUT2D eigenvalue weighted by Crippen LogP contribution is 2.54. The number of anilines is 2. The Balaban J connectivity index is 1.40. The molecule has 6 rings (SSSR count). The van der Waals surface area contributed by atoms with Crippen molar-refractivity contribution >= 4 is 52.2 Å². The fraction of sp³-hybridized carbons (Fsp3) is 0.200. The maximum absolute atomic E-state index is 13.9. The molecule has 1 N–H and O–H groups in total. The zero-order valence-electron chi connectivity index (χ0n) is 22.3. The maximum Gasteiger partial charge on any atom is 0.418 e. The number of imide groups is 1. The number of thiazole rings is 1. The predicted molar refractivity (Wildman–Crippen MR) is 156 cm³/mol. The van der Waals surface area contributed by atoms with Crippen molar-refractivity contribution in [2.45, 2.75) is 28.9 Å². The number of nitrogens with one attached hydrogen (secondary N) is 1. The molecular weight excluding hydrogens is 603 g/mol. The number of benzene rings is 3. The van der Waals surface area contributed by atoms with E-state index < -0.39 is 57.1 Å². The van der Waals surface area contributed by atoms with Gasteiger partial charge in [-0.25, -0.2) is 4.90 Å². The first-order valence-electron chi connectivity index (χ1n) is 13.0. The van der Waals surface area contributed by atoms with Crippen LogP contribution in [-0.2, 0) is 27.1 Å². The van der Waals surface area contributed by atoms with Crippen LogP contribution in [0.4, 0.5) is 24.5 Å². The van der Waals surface area contributed by atoms with Gasteiger partial charge in [-0.15, -0.1) is 0 Å². The molecule has 2 unspecified atom stereocenters. The van der Waals surface area contributed by atoms with Crippen LogP contribution >= 0.6 is 23.1 Å². The van der Waals surface area contributed by atoms with Gasteiger partial charge in [0.1, 0.15) is 17.5 Å². The number of ether oxygens (including phenoxy) is 1. The van der Waals surface area contributed by atoms with Crippen LogP contribution in [0.5, 0.6) is 5.75 Å². The standard InChI is InChI=1S/C30H22F3N3O5S2/c1-41-18-13-11-17(12-14-18)34-21(37)15-35-28-25(43-29(35)40)22(16-7-3-2-4-8-16)23-24(42-28)27(39)36(26(23)38)20-10-6-5-9-19(20)30(31,32)33/h2-14,22-24H,15H2,1H3,(H,34,37)/t22-,23?,24?/m1/s1. The number of rotatable bonds is 6. The van der Waals surface area contributed by atoms with Gasteiger partial charge >= 0.3 is 11.0 Å². The first-order chi connectivity index (χ1) is 20.6. The molecule has 1 saturated heterocycles. The van der Waals surface area contributed by atoms with Crippen LogP contribution in [0.3, 0.4) is 0 Å². The van der Waals surface area contributed by atoms with Gasteiger partial charge in [-0.3, -0.25) is 23.7 Å². The van der Waals surface area contributed by atoms with E-state index >= 15 is 0 Å². The highest BCUT2D eigenvalue weighted by atomic mass is 32.2. The molecule has 0 saturated carbocycles. The molecule has 3 aromatic carbocycles. The number of alkyl halides is 3. The summed E-state index contributed by atoms with van der Waals surface area (Å²) in [7, 11) is 1.52. The Morgan fingerprint density at radius 1 is 0.930 bits per heavy atom. The van der Waals surface area contributed by atoms with E-state index in [9.17, 15) is 32.3 Å². The number of hydrogen-bond acceptors (Lipinski definition) is 7. The lowest BCUT2D eigenvalue weighted by Crippen LogP contribution is -2.33. The smallest absolute Gasteiger partial charge is 0.418 e. The molecule has 4 aromatic rings. The minimum atomic E-state index is -4.80. The van der Waals surface area contributed by atoms with Crippen LogP contribution in [0, 0.1) is 5.92 Å². The summed E-state index contributed by atoms with van der Waals surface area (Å²) in [5.41, 5.74) is -0.527. The number of amides is 3. The molecule has 8 nitrogen and oxygen atoms in total. The van der Waals surface area contributed by atoms with E-state index in [0.29, 0.717) is 31.8 Å². The van der Waals surface area contributed by atoms with E-state index in [4.69, 9.17) is 4.74 Å². The fourth-order valence-electron chi connectivity index (χ4n) is 5.44. The van der Waals surface area contributed by atoms with Crippen molar-refractivity contribution in [3.05, 3.63) is 105 Å². The van der Waals surface area contributed by atoms with Gasteiger partial charge in [-0.05, 0) is 42.0 Å². The van der Waals surface area contributed by atoms with E-state index in [1.54, 1.807) is 54.6 Å². The monoisotopic (exact) mass is 625 g/mol. The Morgan fingerprint density at radius 3 is 2.28 bits per heavy atom. The van der Waals surface area contributed by atoms with Crippen LogP contribution in [0.15, 0.2) is 88.7 Å². The van der Waals surface area contributed by atoms with Crippen molar-refractivity contribution in [1.82, 2.24) is 4.57 Å². The average molecular weight is 626 g/mol. The Labute approximate surface area is 251 Å². The molecule has 0 radical (unpaired) electrons. The van der Waals surface area contributed by atoms with E-state index in [1.165, 1.54) is 23.8 Å². The molecule has 3 amide bonds. The van der Waals surface area contributed by atoms with Crippen molar-refractivity contribution in [3.8, 4) is 5.75 Å². The van der Waals surface area contributed by atoms with Gasteiger partial charge in [0.2, 0.25) is 17.7 Å². The number of carbonyl (C=O) groups is 3. The van der Waals surface area contributed by atoms with Crippen molar-refractivity contribution in [3.63, 3.8) is 0 Å². The highest BCUT2D eigenvalue weighted by molar-refractivity contribution is 8.00. The molecule has 220 valence electrons. The van der Waals surface area contributed by atoms with E-state index in [-0.39, 0.29) is 6.54 Å². The van der Waals surface area contributed by atoms with Crippen molar-refractivity contribution in [2.24, 2.45) is 5.92 Å². The quantitative estimate of drug-likeness (QED) is 0.290. The van der Waals surface area contributed by atoms with Gasteiger partial charge in [0.05, 0.1) is 29.3 Å². The Morgan fingerprint density at radius 2 is 1.60 bits per heavy atom. The largest absolute Gasteiger partial charge is 0.497 e. The number of hydrogen-bond donors (Lipinski definition) is 1. The summed E-state index contributed by atoms with van der Waals surface area (Å²) in [5, 5.41) is 1.95. The van der Waals surface area contributed by atoms with Crippen molar-refractivity contribution < 1.29 is 32.3 Å². The number of thioether (sulfide) groups is 1. The van der Waals surface area contributed by atoms with E-state index in [2.05, 4.69) is 5.32 Å². The lowest BCUT2D eigenvalue weighted by atomic mass is 9.83. The molecule has 43 heavy (non-hydrogen) atoms. The summed E-state index contributed by atoms with van der Waals surface area (Å²) >= 11 is 1.79.